The molecule has 0 amide bonds. The number of nitrogens with zero attached hydrogens (tertiary/aromatic N) is 2. The molecule has 0 saturated heterocycles. The summed E-state index contributed by atoms with van der Waals surface area (Å²) in [5.74, 6) is 1.16. The van der Waals surface area contributed by atoms with Crippen LogP contribution < -0.4 is 5.32 Å². The van der Waals surface area contributed by atoms with E-state index in [9.17, 15) is 0 Å². The number of anilines is 1. The molecule has 25 heavy (non-hydrogen) atoms. The highest BCUT2D eigenvalue weighted by atomic mass is 127. The van der Waals surface area contributed by atoms with Crippen molar-refractivity contribution in [2.24, 2.45) is 0 Å². The minimum Gasteiger partial charge on any atom is -0.370 e. The van der Waals surface area contributed by atoms with Crippen molar-refractivity contribution in [2.45, 2.75) is 32.6 Å². The molecule has 0 spiro atoms. The Bertz CT molecular complexity index is 881. The molecule has 0 saturated carbocycles. The third kappa shape index (κ3) is 3.32. The Hall–Kier alpha value is -1.82. The average molecular weight is 443 g/mol. The third-order valence-electron chi connectivity index (χ3n) is 4.82. The molecule has 0 bridgehead atoms. The van der Waals surface area contributed by atoms with E-state index in [1.807, 2.05) is 0 Å². The van der Waals surface area contributed by atoms with Crippen LogP contribution in [0.4, 0.5) is 5.82 Å². The number of benzene rings is 2. The fraction of sp³-hybridized carbons (Fsp3) is 0.286. The first-order valence-corrected chi connectivity index (χ1v) is 10.0. The molecule has 0 aliphatic carbocycles. The molecule has 4 rings (SSSR count). The van der Waals surface area contributed by atoms with Crippen LogP contribution in [0.5, 0.6) is 0 Å². The summed E-state index contributed by atoms with van der Waals surface area (Å²) < 4.78 is 3.34. The topological polar surface area (TPSA) is 29.9 Å². The van der Waals surface area contributed by atoms with Crippen LogP contribution in [0.25, 0.3) is 16.9 Å². The van der Waals surface area contributed by atoms with Crippen LogP contribution >= 0.6 is 22.6 Å². The van der Waals surface area contributed by atoms with Crippen LogP contribution in [0.15, 0.2) is 48.5 Å². The van der Waals surface area contributed by atoms with Crippen LogP contribution in [-0.4, -0.2) is 16.3 Å². The Kier molecular flexibility index (Phi) is 4.79. The first-order valence-electron chi connectivity index (χ1n) is 8.97. The van der Waals surface area contributed by atoms with Crippen LogP contribution in [0, 0.1) is 3.57 Å². The van der Waals surface area contributed by atoms with Gasteiger partial charge >= 0.3 is 0 Å². The van der Waals surface area contributed by atoms with Gasteiger partial charge in [-0.3, -0.25) is 0 Å². The zero-order valence-electron chi connectivity index (χ0n) is 14.4. The minimum absolute atomic E-state index is 1.01. The van der Waals surface area contributed by atoms with Gasteiger partial charge in [0.15, 0.2) is 0 Å². The van der Waals surface area contributed by atoms with Gasteiger partial charge in [0, 0.05) is 21.2 Å². The average Bonchev–Trinajstić information content (AvgIpc) is 2.83. The van der Waals surface area contributed by atoms with Crippen molar-refractivity contribution in [3.8, 4) is 16.9 Å². The van der Waals surface area contributed by atoms with Crippen molar-refractivity contribution in [2.75, 3.05) is 11.9 Å². The van der Waals surface area contributed by atoms with E-state index >= 15 is 0 Å². The number of aryl methyl sites for hydroxylation is 1. The first kappa shape index (κ1) is 16.6. The van der Waals surface area contributed by atoms with Crippen LogP contribution in [0.3, 0.4) is 0 Å². The first-order chi connectivity index (χ1) is 12.3. The van der Waals surface area contributed by atoms with Gasteiger partial charge in [0.25, 0.3) is 0 Å². The van der Waals surface area contributed by atoms with Gasteiger partial charge in [-0.1, -0.05) is 31.2 Å². The summed E-state index contributed by atoms with van der Waals surface area (Å²) in [7, 11) is 0. The van der Waals surface area contributed by atoms with Crippen molar-refractivity contribution < 1.29 is 0 Å². The van der Waals surface area contributed by atoms with E-state index in [0.29, 0.717) is 0 Å². The van der Waals surface area contributed by atoms with E-state index < -0.39 is 0 Å². The normalized spacial score (nSPS) is 13.8. The van der Waals surface area contributed by atoms with E-state index in [0.717, 1.165) is 36.6 Å². The van der Waals surface area contributed by atoms with E-state index in [1.165, 1.54) is 33.1 Å². The number of nitrogens with one attached hydrogen (secondary N) is 1. The number of hydrogen-bond donors (Lipinski definition) is 1. The summed E-state index contributed by atoms with van der Waals surface area (Å²) in [5, 5.41) is 8.65. The quantitative estimate of drug-likeness (QED) is 0.546. The van der Waals surface area contributed by atoms with Gasteiger partial charge in [-0.15, -0.1) is 0 Å². The third-order valence-corrected chi connectivity index (χ3v) is 5.49. The molecule has 1 aromatic heterocycles. The zero-order chi connectivity index (χ0) is 17.2. The minimum atomic E-state index is 1.01. The Labute approximate surface area is 162 Å². The van der Waals surface area contributed by atoms with E-state index in [-0.39, 0.29) is 0 Å². The molecule has 2 aromatic carbocycles. The lowest BCUT2D eigenvalue weighted by atomic mass is 10.0. The van der Waals surface area contributed by atoms with Crippen molar-refractivity contribution >= 4 is 28.4 Å². The highest BCUT2D eigenvalue weighted by Crippen LogP contribution is 2.34. The van der Waals surface area contributed by atoms with Gasteiger partial charge in [0.05, 0.1) is 11.4 Å². The molecule has 4 heteroatoms. The summed E-state index contributed by atoms with van der Waals surface area (Å²) in [4.78, 5) is 0. The predicted octanol–water partition coefficient (Wildman–Crippen LogP) is 5.45. The fourth-order valence-corrected chi connectivity index (χ4v) is 3.97. The van der Waals surface area contributed by atoms with E-state index in [1.54, 1.807) is 0 Å². The second kappa shape index (κ2) is 7.20. The smallest absolute Gasteiger partial charge is 0.133 e. The van der Waals surface area contributed by atoms with Gasteiger partial charge in [-0.25, -0.2) is 4.68 Å². The molecule has 0 radical (unpaired) electrons. The lowest BCUT2D eigenvalue weighted by Gasteiger charge is -2.09. The zero-order valence-corrected chi connectivity index (χ0v) is 16.6. The fourth-order valence-electron chi connectivity index (χ4n) is 3.43. The molecular formula is C21H22IN3. The maximum atomic E-state index is 5.02. The summed E-state index contributed by atoms with van der Waals surface area (Å²) in [6.07, 6.45) is 4.55. The molecule has 1 aliphatic rings. The number of rotatable bonds is 3. The lowest BCUT2D eigenvalue weighted by molar-refractivity contribution is 0.780. The van der Waals surface area contributed by atoms with Crippen LogP contribution in [0.2, 0.25) is 0 Å². The monoisotopic (exact) mass is 443 g/mol. The molecule has 0 unspecified atom stereocenters. The standard InChI is InChI=1S/C21H22IN3/c1-2-15-9-11-18(12-10-15)25-21-19(8-3-4-13-23-21)20(24-25)16-6-5-7-17(22)14-16/h5-7,9-12,14,23H,2-4,8,13H2,1H3. The van der Waals surface area contributed by atoms with E-state index in [4.69, 9.17) is 5.10 Å². The molecule has 3 aromatic rings. The Morgan fingerprint density at radius 2 is 1.96 bits per heavy atom. The van der Waals surface area contributed by atoms with Gasteiger partial charge < -0.3 is 5.32 Å². The molecule has 3 nitrogen and oxygen atoms in total. The highest BCUT2D eigenvalue weighted by Gasteiger charge is 2.21. The summed E-state index contributed by atoms with van der Waals surface area (Å²) in [5.41, 5.74) is 6.14. The molecule has 1 N–H and O–H groups in total. The summed E-state index contributed by atoms with van der Waals surface area (Å²) >= 11 is 2.37. The van der Waals surface area contributed by atoms with Crippen molar-refractivity contribution in [3.05, 3.63) is 63.2 Å². The summed E-state index contributed by atoms with van der Waals surface area (Å²) in [6, 6.07) is 17.4. The molecular weight excluding hydrogens is 421 g/mol. The second-order valence-electron chi connectivity index (χ2n) is 6.50. The number of hydrogen-bond acceptors (Lipinski definition) is 2. The lowest BCUT2D eigenvalue weighted by Crippen LogP contribution is -2.07. The Balaban J connectivity index is 1.86. The molecule has 0 fully saturated rings. The second-order valence-corrected chi connectivity index (χ2v) is 7.75. The van der Waals surface area contributed by atoms with Crippen molar-refractivity contribution in [1.29, 1.82) is 0 Å². The van der Waals surface area contributed by atoms with Gasteiger partial charge in [-0.2, -0.15) is 5.10 Å². The largest absolute Gasteiger partial charge is 0.370 e. The Morgan fingerprint density at radius 1 is 1.12 bits per heavy atom. The molecule has 1 aliphatic heterocycles. The molecule has 0 atom stereocenters. The maximum Gasteiger partial charge on any atom is 0.133 e. The van der Waals surface area contributed by atoms with Crippen LogP contribution in [-0.2, 0) is 12.8 Å². The maximum absolute atomic E-state index is 5.02. The number of aromatic nitrogens is 2. The Morgan fingerprint density at radius 3 is 2.72 bits per heavy atom. The summed E-state index contributed by atoms with van der Waals surface area (Å²) in [6.45, 7) is 3.20. The molecule has 2 heterocycles. The van der Waals surface area contributed by atoms with Gasteiger partial charge in [-0.05, 0) is 78.1 Å². The number of fused-ring (bicyclic) bond motifs is 1. The van der Waals surface area contributed by atoms with Gasteiger partial charge in [0.1, 0.15) is 5.82 Å². The SMILES string of the molecule is CCc1ccc(-n2nc(-c3cccc(I)c3)c3c2NCCCC3)cc1. The van der Waals surface area contributed by atoms with Crippen LogP contribution in [0.1, 0.15) is 30.9 Å². The van der Waals surface area contributed by atoms with Gasteiger partial charge in [0.2, 0.25) is 0 Å². The highest BCUT2D eigenvalue weighted by molar-refractivity contribution is 14.1. The van der Waals surface area contributed by atoms with Crippen molar-refractivity contribution in [1.82, 2.24) is 9.78 Å². The van der Waals surface area contributed by atoms with E-state index in [2.05, 4.69) is 88.0 Å². The predicted molar refractivity (Wildman–Crippen MR) is 113 cm³/mol. The van der Waals surface area contributed by atoms with Crippen molar-refractivity contribution in [3.63, 3.8) is 0 Å². The molecule has 128 valence electrons. The number of halogens is 1.